The highest BCUT2D eigenvalue weighted by Gasteiger charge is 2.23. The Morgan fingerprint density at radius 1 is 1.29 bits per heavy atom. The van der Waals surface area contributed by atoms with Crippen LogP contribution in [0.4, 0.5) is 0 Å². The molecular formula is C13H17NO3. The van der Waals surface area contributed by atoms with Gasteiger partial charge in [-0.1, -0.05) is 12.1 Å². The van der Waals surface area contributed by atoms with Gasteiger partial charge in [0.05, 0.1) is 0 Å². The molecule has 1 amide bonds. The Morgan fingerprint density at radius 3 is 2.41 bits per heavy atom. The highest BCUT2D eigenvalue weighted by molar-refractivity contribution is 5.97. The summed E-state index contributed by atoms with van der Waals surface area (Å²) in [6.07, 6.45) is 0. The van der Waals surface area contributed by atoms with Gasteiger partial charge in [0.15, 0.2) is 0 Å². The molecule has 4 heteroatoms. The molecule has 0 saturated carbocycles. The fraction of sp³-hybridized carbons (Fsp3) is 0.385. The summed E-state index contributed by atoms with van der Waals surface area (Å²) in [5, 5.41) is 8.88. The maximum absolute atomic E-state index is 12.1. The summed E-state index contributed by atoms with van der Waals surface area (Å²) in [5.41, 5.74) is 2.47. The highest BCUT2D eigenvalue weighted by atomic mass is 16.4. The number of benzene rings is 1. The summed E-state index contributed by atoms with van der Waals surface area (Å²) in [5.74, 6) is -1.27. The van der Waals surface area contributed by atoms with E-state index in [4.69, 9.17) is 5.11 Å². The first-order valence-electron chi connectivity index (χ1n) is 5.42. The van der Waals surface area contributed by atoms with Crippen LogP contribution >= 0.6 is 0 Å². The summed E-state index contributed by atoms with van der Waals surface area (Å²) in [6, 6.07) is 4.61. The minimum Gasteiger partial charge on any atom is -0.480 e. The minimum atomic E-state index is -1.01. The fourth-order valence-electron chi connectivity index (χ4n) is 1.51. The van der Waals surface area contributed by atoms with Gasteiger partial charge in [0.1, 0.15) is 6.04 Å². The van der Waals surface area contributed by atoms with Crippen molar-refractivity contribution in [3.63, 3.8) is 0 Å². The minimum absolute atomic E-state index is 0.263. The number of carboxylic acids is 1. The van der Waals surface area contributed by atoms with Gasteiger partial charge in [-0.15, -0.1) is 0 Å². The first-order chi connectivity index (χ1) is 7.86. The van der Waals surface area contributed by atoms with Gasteiger partial charge in [-0.05, 0) is 38.0 Å². The molecule has 0 fully saturated rings. The highest BCUT2D eigenvalue weighted by Crippen LogP contribution is 2.15. The molecule has 0 saturated heterocycles. The average molecular weight is 235 g/mol. The van der Waals surface area contributed by atoms with E-state index in [9.17, 15) is 9.59 Å². The van der Waals surface area contributed by atoms with Crippen LogP contribution in [0.15, 0.2) is 18.2 Å². The Morgan fingerprint density at radius 2 is 1.88 bits per heavy atom. The van der Waals surface area contributed by atoms with Crippen molar-refractivity contribution >= 4 is 11.9 Å². The second-order valence-corrected chi connectivity index (χ2v) is 4.18. The van der Waals surface area contributed by atoms with Gasteiger partial charge in [0.2, 0.25) is 0 Å². The summed E-state index contributed by atoms with van der Waals surface area (Å²) in [7, 11) is 1.50. The number of amides is 1. The number of aliphatic carboxylic acids is 1. The van der Waals surface area contributed by atoms with Crippen LogP contribution < -0.4 is 0 Å². The number of hydrogen-bond donors (Lipinski definition) is 1. The Labute approximate surface area is 101 Å². The summed E-state index contributed by atoms with van der Waals surface area (Å²) >= 11 is 0. The predicted molar refractivity (Wildman–Crippen MR) is 65.1 cm³/mol. The zero-order valence-electron chi connectivity index (χ0n) is 10.5. The SMILES string of the molecule is Cc1cccc(C(=O)N(C)C(C)C(=O)O)c1C. The summed E-state index contributed by atoms with van der Waals surface area (Å²) < 4.78 is 0. The van der Waals surface area contributed by atoms with Gasteiger partial charge < -0.3 is 10.0 Å². The van der Waals surface area contributed by atoms with Crippen molar-refractivity contribution in [1.82, 2.24) is 4.90 Å². The molecule has 4 nitrogen and oxygen atoms in total. The lowest BCUT2D eigenvalue weighted by molar-refractivity contribution is -0.141. The Balaban J connectivity index is 3.05. The molecule has 0 aromatic heterocycles. The molecule has 0 aliphatic rings. The van der Waals surface area contributed by atoms with Crippen molar-refractivity contribution in [2.45, 2.75) is 26.8 Å². The van der Waals surface area contributed by atoms with Crippen molar-refractivity contribution in [3.8, 4) is 0 Å². The van der Waals surface area contributed by atoms with Crippen LogP contribution in [-0.4, -0.2) is 35.0 Å². The third-order valence-electron chi connectivity index (χ3n) is 3.09. The second kappa shape index (κ2) is 4.99. The number of rotatable bonds is 3. The molecule has 0 radical (unpaired) electrons. The Bertz CT molecular complexity index is 454. The van der Waals surface area contributed by atoms with E-state index in [1.54, 1.807) is 12.1 Å². The van der Waals surface area contributed by atoms with Crippen molar-refractivity contribution in [3.05, 3.63) is 34.9 Å². The van der Waals surface area contributed by atoms with Gasteiger partial charge in [0.25, 0.3) is 5.91 Å². The van der Waals surface area contributed by atoms with Crippen molar-refractivity contribution in [2.75, 3.05) is 7.05 Å². The Kier molecular flexibility index (Phi) is 3.89. The van der Waals surface area contributed by atoms with Gasteiger partial charge in [-0.2, -0.15) is 0 Å². The number of carbonyl (C=O) groups is 2. The lowest BCUT2D eigenvalue weighted by Crippen LogP contribution is -2.40. The van der Waals surface area contributed by atoms with Crippen LogP contribution in [-0.2, 0) is 4.79 Å². The van der Waals surface area contributed by atoms with Crippen LogP contribution in [0.5, 0.6) is 0 Å². The first-order valence-corrected chi connectivity index (χ1v) is 5.42. The topological polar surface area (TPSA) is 57.6 Å². The number of carbonyl (C=O) groups excluding carboxylic acids is 1. The maximum Gasteiger partial charge on any atom is 0.326 e. The van der Waals surface area contributed by atoms with Crippen LogP contribution in [0, 0.1) is 13.8 Å². The van der Waals surface area contributed by atoms with Crippen LogP contribution in [0.3, 0.4) is 0 Å². The van der Waals surface area contributed by atoms with E-state index in [-0.39, 0.29) is 5.91 Å². The van der Waals surface area contributed by atoms with Gasteiger partial charge in [-0.25, -0.2) is 4.79 Å². The summed E-state index contributed by atoms with van der Waals surface area (Å²) in [4.78, 5) is 24.2. The van der Waals surface area contributed by atoms with E-state index in [0.29, 0.717) is 5.56 Å². The van der Waals surface area contributed by atoms with E-state index in [1.165, 1.54) is 18.9 Å². The zero-order valence-corrected chi connectivity index (χ0v) is 10.5. The molecule has 1 rings (SSSR count). The molecule has 17 heavy (non-hydrogen) atoms. The largest absolute Gasteiger partial charge is 0.480 e. The Hall–Kier alpha value is -1.84. The number of nitrogens with zero attached hydrogens (tertiary/aromatic N) is 1. The fourth-order valence-corrected chi connectivity index (χ4v) is 1.51. The van der Waals surface area contributed by atoms with E-state index in [2.05, 4.69) is 0 Å². The number of likely N-dealkylation sites (N-methyl/N-ethyl adjacent to an activating group) is 1. The molecular weight excluding hydrogens is 218 g/mol. The van der Waals surface area contributed by atoms with Crippen LogP contribution in [0.25, 0.3) is 0 Å². The summed E-state index contributed by atoms with van der Waals surface area (Å²) in [6.45, 7) is 5.28. The molecule has 1 unspecified atom stereocenters. The van der Waals surface area contributed by atoms with Crippen molar-refractivity contribution < 1.29 is 14.7 Å². The average Bonchev–Trinajstić information content (AvgIpc) is 2.29. The van der Waals surface area contributed by atoms with Crippen LogP contribution in [0.1, 0.15) is 28.4 Å². The zero-order chi connectivity index (χ0) is 13.2. The molecule has 0 aliphatic carbocycles. The third-order valence-corrected chi connectivity index (χ3v) is 3.09. The normalized spacial score (nSPS) is 12.0. The molecule has 1 aromatic rings. The van der Waals surface area contributed by atoms with Gasteiger partial charge >= 0.3 is 5.97 Å². The molecule has 0 aliphatic heterocycles. The van der Waals surface area contributed by atoms with Crippen molar-refractivity contribution in [1.29, 1.82) is 0 Å². The van der Waals surface area contributed by atoms with Gasteiger partial charge in [-0.3, -0.25) is 4.79 Å². The number of carboxylic acid groups (broad SMARTS) is 1. The quantitative estimate of drug-likeness (QED) is 0.869. The first kappa shape index (κ1) is 13.2. The second-order valence-electron chi connectivity index (χ2n) is 4.18. The molecule has 1 aromatic carbocycles. The van der Waals surface area contributed by atoms with E-state index in [1.807, 2.05) is 19.9 Å². The maximum atomic E-state index is 12.1. The third kappa shape index (κ3) is 2.64. The lowest BCUT2D eigenvalue weighted by atomic mass is 10.0. The van der Waals surface area contributed by atoms with E-state index >= 15 is 0 Å². The van der Waals surface area contributed by atoms with Gasteiger partial charge in [0, 0.05) is 12.6 Å². The predicted octanol–water partition coefficient (Wildman–Crippen LogP) is 1.85. The molecule has 1 atom stereocenters. The molecule has 0 heterocycles. The lowest BCUT2D eigenvalue weighted by Gasteiger charge is -2.22. The molecule has 0 bridgehead atoms. The van der Waals surface area contributed by atoms with E-state index in [0.717, 1.165) is 11.1 Å². The monoisotopic (exact) mass is 235 g/mol. The number of hydrogen-bond acceptors (Lipinski definition) is 2. The molecule has 92 valence electrons. The smallest absolute Gasteiger partial charge is 0.326 e. The van der Waals surface area contributed by atoms with Crippen molar-refractivity contribution in [2.24, 2.45) is 0 Å². The molecule has 1 N–H and O–H groups in total. The standard InChI is InChI=1S/C13H17NO3/c1-8-6-5-7-11(9(8)2)12(15)14(4)10(3)13(16)17/h5-7,10H,1-4H3,(H,16,17). The van der Waals surface area contributed by atoms with Crippen LogP contribution in [0.2, 0.25) is 0 Å². The number of aryl methyl sites for hydroxylation is 1. The van der Waals surface area contributed by atoms with E-state index < -0.39 is 12.0 Å². The molecule has 0 spiro atoms.